The van der Waals surface area contributed by atoms with Crippen molar-refractivity contribution in [1.29, 1.82) is 0 Å². The molecule has 6 heteroatoms. The second-order valence-electron chi connectivity index (χ2n) is 3.38. The van der Waals surface area contributed by atoms with Crippen LogP contribution in [0.15, 0.2) is 24.3 Å². The topological polar surface area (TPSA) is 81.4 Å². The highest BCUT2D eigenvalue weighted by atomic mass is 32.2. The third-order valence-corrected chi connectivity index (χ3v) is 2.49. The molecule has 0 aliphatic carbocycles. The monoisotopic (exact) mass is 244 g/mol. The van der Waals surface area contributed by atoms with Crippen LogP contribution in [-0.4, -0.2) is 27.8 Å². The molecule has 0 amide bonds. The molecule has 0 aliphatic heterocycles. The van der Waals surface area contributed by atoms with Gasteiger partial charge in [-0.15, -0.1) is 0 Å². The lowest BCUT2D eigenvalue weighted by molar-refractivity contribution is 0.328. The second kappa shape index (κ2) is 5.83. The molecule has 0 saturated carbocycles. The van der Waals surface area contributed by atoms with E-state index >= 15 is 0 Å². The molecule has 1 aromatic carbocycles. The largest absolute Gasteiger partial charge is 0.492 e. The van der Waals surface area contributed by atoms with Gasteiger partial charge in [0.2, 0.25) is 10.0 Å². The van der Waals surface area contributed by atoms with Crippen molar-refractivity contribution in [3.8, 4) is 5.75 Å². The zero-order valence-electron chi connectivity index (χ0n) is 9.14. The fraction of sp³-hybridized carbons (Fsp3) is 0.400. The van der Waals surface area contributed by atoms with E-state index in [9.17, 15) is 8.42 Å². The molecular formula is C10H16N2O3S. The van der Waals surface area contributed by atoms with Crippen LogP contribution in [0.5, 0.6) is 5.75 Å². The minimum absolute atomic E-state index is 0.263. The highest BCUT2D eigenvalue weighted by Gasteiger charge is 2.01. The number of hydrogen-bond donors (Lipinski definition) is 2. The molecule has 0 fully saturated rings. The molecule has 0 bridgehead atoms. The molecule has 0 aromatic heterocycles. The minimum Gasteiger partial charge on any atom is -0.492 e. The Morgan fingerprint density at radius 1 is 1.44 bits per heavy atom. The first-order chi connectivity index (χ1) is 7.51. The summed E-state index contributed by atoms with van der Waals surface area (Å²) in [6.45, 7) is 1.16. The van der Waals surface area contributed by atoms with E-state index in [0.717, 1.165) is 11.8 Å². The number of sulfonamides is 1. The van der Waals surface area contributed by atoms with Gasteiger partial charge in [0.1, 0.15) is 12.4 Å². The Bertz CT molecular complexity index is 431. The Balaban J connectivity index is 2.60. The van der Waals surface area contributed by atoms with Crippen molar-refractivity contribution in [2.45, 2.75) is 6.54 Å². The van der Waals surface area contributed by atoms with Gasteiger partial charge in [-0.3, -0.25) is 0 Å². The fourth-order valence-electron chi connectivity index (χ4n) is 1.14. The lowest BCUT2D eigenvalue weighted by Crippen LogP contribution is -2.21. The van der Waals surface area contributed by atoms with Gasteiger partial charge in [0, 0.05) is 13.1 Å². The predicted octanol–water partition coefficient (Wildman–Crippen LogP) is 0.0733. The maximum absolute atomic E-state index is 10.9. The number of ether oxygens (including phenoxy) is 1. The Morgan fingerprint density at radius 3 is 2.81 bits per heavy atom. The number of nitrogens with one attached hydrogen (secondary N) is 1. The highest BCUT2D eigenvalue weighted by molar-refractivity contribution is 7.88. The van der Waals surface area contributed by atoms with Crippen molar-refractivity contribution in [1.82, 2.24) is 4.72 Å². The number of benzene rings is 1. The SMILES string of the molecule is CS(=O)(=O)NCc1cccc(OCCN)c1. The third kappa shape index (κ3) is 5.11. The molecule has 0 spiro atoms. The van der Waals surface area contributed by atoms with E-state index in [4.69, 9.17) is 10.5 Å². The summed E-state index contributed by atoms with van der Waals surface area (Å²) in [6, 6.07) is 7.23. The molecule has 0 aliphatic rings. The quantitative estimate of drug-likeness (QED) is 0.742. The van der Waals surface area contributed by atoms with Crippen LogP contribution in [0.4, 0.5) is 0 Å². The second-order valence-corrected chi connectivity index (χ2v) is 5.21. The zero-order chi connectivity index (χ0) is 12.0. The Kier molecular flexibility index (Phi) is 4.72. The molecule has 0 saturated heterocycles. The average molecular weight is 244 g/mol. The number of hydrogen-bond acceptors (Lipinski definition) is 4. The highest BCUT2D eigenvalue weighted by Crippen LogP contribution is 2.12. The van der Waals surface area contributed by atoms with Crippen LogP contribution in [-0.2, 0) is 16.6 Å². The molecule has 90 valence electrons. The number of rotatable bonds is 6. The predicted molar refractivity (Wildman–Crippen MR) is 62.7 cm³/mol. The summed E-state index contributed by atoms with van der Waals surface area (Å²) in [5.41, 5.74) is 6.16. The maximum atomic E-state index is 10.9. The summed E-state index contributed by atoms with van der Waals surface area (Å²) in [7, 11) is -3.16. The molecule has 1 aromatic rings. The van der Waals surface area contributed by atoms with Crippen LogP contribution < -0.4 is 15.2 Å². The molecular weight excluding hydrogens is 228 g/mol. The normalized spacial score (nSPS) is 11.4. The van der Waals surface area contributed by atoms with E-state index in [1.165, 1.54) is 0 Å². The van der Waals surface area contributed by atoms with Crippen molar-refractivity contribution >= 4 is 10.0 Å². The lowest BCUT2D eigenvalue weighted by Gasteiger charge is -2.07. The van der Waals surface area contributed by atoms with Crippen molar-refractivity contribution < 1.29 is 13.2 Å². The smallest absolute Gasteiger partial charge is 0.209 e. The molecule has 5 nitrogen and oxygen atoms in total. The van der Waals surface area contributed by atoms with Crippen LogP contribution in [0.25, 0.3) is 0 Å². The van der Waals surface area contributed by atoms with Gasteiger partial charge >= 0.3 is 0 Å². The van der Waals surface area contributed by atoms with E-state index < -0.39 is 10.0 Å². The summed E-state index contributed by atoms with van der Waals surface area (Å²) in [5, 5.41) is 0. The third-order valence-electron chi connectivity index (χ3n) is 1.82. The van der Waals surface area contributed by atoms with Crippen LogP contribution in [0.2, 0.25) is 0 Å². The molecule has 1 rings (SSSR count). The Hall–Kier alpha value is -1.11. The van der Waals surface area contributed by atoms with Gasteiger partial charge in [0.05, 0.1) is 6.26 Å². The summed E-state index contributed by atoms with van der Waals surface area (Å²) < 4.78 is 29.5. The standard InChI is InChI=1S/C10H16N2O3S/c1-16(13,14)12-8-9-3-2-4-10(7-9)15-6-5-11/h2-4,7,12H,5-6,8,11H2,1H3. The van der Waals surface area contributed by atoms with Crippen LogP contribution in [0.1, 0.15) is 5.56 Å². The van der Waals surface area contributed by atoms with E-state index in [-0.39, 0.29) is 6.54 Å². The van der Waals surface area contributed by atoms with Gasteiger partial charge in [0.15, 0.2) is 0 Å². The summed E-state index contributed by atoms with van der Waals surface area (Å²) >= 11 is 0. The minimum atomic E-state index is -3.16. The van der Waals surface area contributed by atoms with Gasteiger partial charge in [-0.25, -0.2) is 13.1 Å². The van der Waals surface area contributed by atoms with Crippen LogP contribution in [0, 0.1) is 0 Å². The molecule has 0 atom stereocenters. The Morgan fingerprint density at radius 2 is 2.19 bits per heavy atom. The first-order valence-corrected chi connectivity index (χ1v) is 6.77. The Labute approximate surface area is 95.7 Å². The van der Waals surface area contributed by atoms with Gasteiger partial charge in [-0.05, 0) is 17.7 Å². The van der Waals surface area contributed by atoms with Crippen molar-refractivity contribution in [3.05, 3.63) is 29.8 Å². The molecule has 16 heavy (non-hydrogen) atoms. The van der Waals surface area contributed by atoms with Crippen molar-refractivity contribution in [3.63, 3.8) is 0 Å². The van der Waals surface area contributed by atoms with Gasteiger partial charge in [-0.1, -0.05) is 12.1 Å². The van der Waals surface area contributed by atoms with E-state index in [1.54, 1.807) is 12.1 Å². The van der Waals surface area contributed by atoms with E-state index in [1.807, 2.05) is 12.1 Å². The van der Waals surface area contributed by atoms with Gasteiger partial charge in [0.25, 0.3) is 0 Å². The maximum Gasteiger partial charge on any atom is 0.209 e. The summed E-state index contributed by atoms with van der Waals surface area (Å²) in [6.07, 6.45) is 1.13. The van der Waals surface area contributed by atoms with Crippen molar-refractivity contribution in [2.24, 2.45) is 5.73 Å². The van der Waals surface area contributed by atoms with Gasteiger partial charge in [-0.2, -0.15) is 0 Å². The molecule has 0 heterocycles. The zero-order valence-corrected chi connectivity index (χ0v) is 9.96. The first kappa shape index (κ1) is 13.0. The lowest BCUT2D eigenvalue weighted by atomic mass is 10.2. The number of nitrogens with two attached hydrogens (primary N) is 1. The summed E-state index contributed by atoms with van der Waals surface area (Å²) in [5.74, 6) is 0.693. The average Bonchev–Trinajstić information content (AvgIpc) is 2.23. The molecule has 0 radical (unpaired) electrons. The fourth-order valence-corrected chi connectivity index (χ4v) is 1.57. The van der Waals surface area contributed by atoms with Crippen LogP contribution in [0.3, 0.4) is 0 Å². The van der Waals surface area contributed by atoms with E-state index in [2.05, 4.69) is 4.72 Å². The van der Waals surface area contributed by atoms with Crippen molar-refractivity contribution in [2.75, 3.05) is 19.4 Å². The van der Waals surface area contributed by atoms with Gasteiger partial charge < -0.3 is 10.5 Å². The van der Waals surface area contributed by atoms with Crippen LogP contribution >= 0.6 is 0 Å². The molecule has 0 unspecified atom stereocenters. The first-order valence-electron chi connectivity index (χ1n) is 4.88. The summed E-state index contributed by atoms with van der Waals surface area (Å²) in [4.78, 5) is 0. The molecule has 3 N–H and O–H groups in total. The van der Waals surface area contributed by atoms with E-state index in [0.29, 0.717) is 18.9 Å².